The Bertz CT molecular complexity index is 1520. The molecule has 0 radical (unpaired) electrons. The number of hydrogen-bond donors (Lipinski definition) is 1. The fourth-order valence-corrected chi connectivity index (χ4v) is 4.67. The van der Waals surface area contributed by atoms with Crippen molar-refractivity contribution in [2.45, 2.75) is 51.7 Å². The third-order valence-electron chi connectivity index (χ3n) is 6.64. The number of hydrogen-bond acceptors (Lipinski definition) is 6. The van der Waals surface area contributed by atoms with Gasteiger partial charge in [-0.1, -0.05) is 11.6 Å². The third kappa shape index (κ3) is 5.21. The van der Waals surface area contributed by atoms with E-state index in [2.05, 4.69) is 9.97 Å². The van der Waals surface area contributed by atoms with E-state index in [1.807, 2.05) is 17.9 Å². The van der Waals surface area contributed by atoms with Crippen LogP contribution in [0.1, 0.15) is 56.4 Å². The minimum Gasteiger partial charge on any atom is -0.486 e. The van der Waals surface area contributed by atoms with E-state index in [1.165, 1.54) is 4.57 Å². The Hall–Kier alpha value is -3.56. The second kappa shape index (κ2) is 9.96. The van der Waals surface area contributed by atoms with Crippen molar-refractivity contribution in [3.63, 3.8) is 0 Å². The highest BCUT2D eigenvalue weighted by molar-refractivity contribution is 6.30. The number of halogens is 3. The van der Waals surface area contributed by atoms with Crippen LogP contribution in [0.15, 0.2) is 70.2 Å². The molecule has 0 spiro atoms. The summed E-state index contributed by atoms with van der Waals surface area (Å²) >= 11 is 6.62. The summed E-state index contributed by atoms with van der Waals surface area (Å²) in [5, 5.41) is 10.8. The van der Waals surface area contributed by atoms with E-state index < -0.39 is 17.2 Å². The van der Waals surface area contributed by atoms with Gasteiger partial charge in [0.1, 0.15) is 29.7 Å². The highest BCUT2D eigenvalue weighted by Crippen LogP contribution is 2.46. The van der Waals surface area contributed by atoms with Crippen molar-refractivity contribution in [2.24, 2.45) is 0 Å². The van der Waals surface area contributed by atoms with Crippen LogP contribution in [-0.4, -0.2) is 26.2 Å². The summed E-state index contributed by atoms with van der Waals surface area (Å²) in [5.41, 5.74) is 1.35. The van der Waals surface area contributed by atoms with Gasteiger partial charge in [-0.2, -0.15) is 0 Å². The predicted octanol–water partition coefficient (Wildman–Crippen LogP) is 5.40. The third-order valence-corrected chi connectivity index (χ3v) is 6.94. The lowest BCUT2D eigenvalue weighted by Crippen LogP contribution is -2.31. The Labute approximate surface area is 223 Å². The number of allylic oxidation sites excluding steroid dienone is 2. The van der Waals surface area contributed by atoms with Crippen molar-refractivity contribution in [1.82, 2.24) is 14.5 Å². The highest BCUT2D eigenvalue weighted by Gasteiger charge is 2.31. The molecular weight excluding hydrogens is 514 g/mol. The molecule has 38 heavy (non-hydrogen) atoms. The van der Waals surface area contributed by atoms with Crippen molar-refractivity contribution in [1.29, 1.82) is 0 Å². The monoisotopic (exact) mass is 540 g/mol. The molecular formula is C28H27ClF2N4O3. The fourth-order valence-electron chi connectivity index (χ4n) is 4.44. The Morgan fingerprint density at radius 1 is 1.21 bits per heavy atom. The number of anilines is 1. The molecule has 10 heteroatoms. The van der Waals surface area contributed by atoms with Gasteiger partial charge in [-0.05, 0) is 57.2 Å². The Balaban J connectivity index is 1.46. The van der Waals surface area contributed by atoms with Gasteiger partial charge in [0.2, 0.25) is 0 Å². The zero-order valence-electron chi connectivity index (χ0n) is 21.2. The first-order chi connectivity index (χ1) is 18.0. The van der Waals surface area contributed by atoms with Crippen molar-refractivity contribution < 1.29 is 18.6 Å². The van der Waals surface area contributed by atoms with Gasteiger partial charge in [0.05, 0.1) is 23.4 Å². The number of aliphatic hydroxyl groups is 1. The maximum Gasteiger partial charge on any atom is 0.262 e. The van der Waals surface area contributed by atoms with E-state index >= 15 is 0 Å². The van der Waals surface area contributed by atoms with Gasteiger partial charge in [0, 0.05) is 47.6 Å². The molecule has 1 fully saturated rings. The standard InChI is InChI=1S/C28H27ClF2N4O3/c1-16-9-25(38-15-23-22(31)10-18(30)12-32-23)21(29)14-35(16)24-11-26(33-13-19(24)17-6-7-17)34-8-4-5-20(27(34)36)28(2,3)37/h4-5,8-13,17,37H,6-7,14-15H2,1-3H3. The molecule has 0 saturated heterocycles. The molecule has 1 aliphatic carbocycles. The molecule has 1 aliphatic heterocycles. The van der Waals surface area contributed by atoms with Crippen molar-refractivity contribution in [3.05, 3.63) is 104 Å². The predicted molar refractivity (Wildman–Crippen MR) is 140 cm³/mol. The van der Waals surface area contributed by atoms with Gasteiger partial charge >= 0.3 is 0 Å². The SMILES string of the molecule is CC1=CC(OCc2ncc(F)cc2F)=C(Cl)CN1c1cc(-n2cccc(C(C)(C)O)c2=O)ncc1C1CC1. The number of aromatic nitrogens is 3. The Kier molecular flexibility index (Phi) is 6.83. The van der Waals surface area contributed by atoms with Crippen LogP contribution in [-0.2, 0) is 16.9 Å². The molecule has 0 bridgehead atoms. The number of nitrogens with zero attached hydrogens (tertiary/aromatic N) is 4. The largest absolute Gasteiger partial charge is 0.486 e. The molecule has 198 valence electrons. The first-order valence-electron chi connectivity index (χ1n) is 12.2. The molecule has 1 saturated carbocycles. The van der Waals surface area contributed by atoms with E-state index in [4.69, 9.17) is 16.3 Å². The van der Waals surface area contributed by atoms with Crippen LogP contribution in [0.4, 0.5) is 14.5 Å². The lowest BCUT2D eigenvalue weighted by atomic mass is 10.0. The number of ether oxygens (including phenoxy) is 1. The summed E-state index contributed by atoms with van der Waals surface area (Å²) in [6.07, 6.45) is 8.21. The van der Waals surface area contributed by atoms with E-state index in [0.29, 0.717) is 29.1 Å². The lowest BCUT2D eigenvalue weighted by molar-refractivity contribution is 0.0767. The second-order valence-corrected chi connectivity index (χ2v) is 10.5. The van der Waals surface area contributed by atoms with E-state index in [0.717, 1.165) is 42.1 Å². The lowest BCUT2D eigenvalue weighted by Gasteiger charge is -2.31. The zero-order valence-corrected chi connectivity index (χ0v) is 22.0. The van der Waals surface area contributed by atoms with Gasteiger partial charge in [0.25, 0.3) is 5.56 Å². The van der Waals surface area contributed by atoms with Crippen LogP contribution < -0.4 is 10.5 Å². The molecule has 2 aliphatic rings. The van der Waals surface area contributed by atoms with Crippen LogP contribution in [0, 0.1) is 11.6 Å². The normalized spacial score (nSPS) is 16.1. The van der Waals surface area contributed by atoms with Gasteiger partial charge in [-0.3, -0.25) is 14.3 Å². The highest BCUT2D eigenvalue weighted by atomic mass is 35.5. The average Bonchev–Trinajstić information content (AvgIpc) is 3.70. The topological polar surface area (TPSA) is 80.5 Å². The molecule has 1 N–H and O–H groups in total. The van der Waals surface area contributed by atoms with Crippen LogP contribution >= 0.6 is 11.6 Å². The average molecular weight is 541 g/mol. The molecule has 0 amide bonds. The van der Waals surface area contributed by atoms with Gasteiger partial charge in [0.15, 0.2) is 5.82 Å². The van der Waals surface area contributed by atoms with Crippen molar-refractivity contribution in [2.75, 3.05) is 11.4 Å². The quantitative estimate of drug-likeness (QED) is 0.432. The minimum absolute atomic E-state index is 0.0228. The molecule has 0 unspecified atom stereocenters. The van der Waals surface area contributed by atoms with E-state index in [9.17, 15) is 18.7 Å². The van der Waals surface area contributed by atoms with Gasteiger partial charge in [-0.15, -0.1) is 0 Å². The molecule has 0 atom stereocenters. The summed E-state index contributed by atoms with van der Waals surface area (Å²) in [6.45, 7) is 5.13. The smallest absolute Gasteiger partial charge is 0.262 e. The van der Waals surface area contributed by atoms with E-state index in [1.54, 1.807) is 44.4 Å². The van der Waals surface area contributed by atoms with Crippen LogP contribution in [0.5, 0.6) is 0 Å². The molecule has 3 aromatic heterocycles. The number of rotatable bonds is 7. The second-order valence-electron chi connectivity index (χ2n) is 10.0. The molecule has 5 rings (SSSR count). The number of pyridine rings is 3. The van der Waals surface area contributed by atoms with Crippen LogP contribution in [0.2, 0.25) is 0 Å². The summed E-state index contributed by atoms with van der Waals surface area (Å²) in [6, 6.07) is 5.93. The zero-order chi connectivity index (χ0) is 27.2. The summed E-state index contributed by atoms with van der Waals surface area (Å²) in [5.74, 6) is -0.380. The summed E-state index contributed by atoms with van der Waals surface area (Å²) in [7, 11) is 0. The van der Waals surface area contributed by atoms with Crippen molar-refractivity contribution in [3.8, 4) is 5.82 Å². The fraction of sp³-hybridized carbons (Fsp3) is 0.321. The molecule has 0 aromatic carbocycles. The first-order valence-corrected chi connectivity index (χ1v) is 12.6. The van der Waals surface area contributed by atoms with Gasteiger partial charge < -0.3 is 14.7 Å². The Morgan fingerprint density at radius 2 is 1.97 bits per heavy atom. The van der Waals surface area contributed by atoms with Crippen LogP contribution in [0.3, 0.4) is 0 Å². The molecule has 4 heterocycles. The molecule has 7 nitrogen and oxygen atoms in total. The Morgan fingerprint density at radius 3 is 2.66 bits per heavy atom. The van der Waals surface area contributed by atoms with Gasteiger partial charge in [-0.25, -0.2) is 13.8 Å². The maximum atomic E-state index is 14.0. The minimum atomic E-state index is -1.30. The maximum absolute atomic E-state index is 14.0. The summed E-state index contributed by atoms with van der Waals surface area (Å²) in [4.78, 5) is 23.5. The van der Waals surface area contributed by atoms with E-state index in [-0.39, 0.29) is 23.4 Å². The summed E-state index contributed by atoms with van der Waals surface area (Å²) < 4.78 is 34.3. The van der Waals surface area contributed by atoms with Crippen LogP contribution in [0.25, 0.3) is 5.82 Å². The van der Waals surface area contributed by atoms with Crippen molar-refractivity contribution >= 4 is 17.3 Å². The first kappa shape index (κ1) is 26.1. The molecule has 3 aromatic rings.